The molecule has 3 aromatic rings. The van der Waals surface area contributed by atoms with Crippen LogP contribution in [0.2, 0.25) is 0 Å². The Kier molecular flexibility index (Phi) is 5.22. The maximum Gasteiger partial charge on any atom is 0.264 e. The highest BCUT2D eigenvalue weighted by Crippen LogP contribution is 2.34. The van der Waals surface area contributed by atoms with E-state index in [4.69, 9.17) is 4.74 Å². The number of hydrogen-bond acceptors (Lipinski definition) is 4. The molecular weight excluding hydrogens is 400 g/mol. The van der Waals surface area contributed by atoms with Crippen molar-refractivity contribution in [3.05, 3.63) is 83.9 Å². The van der Waals surface area contributed by atoms with Gasteiger partial charge >= 0.3 is 0 Å². The second kappa shape index (κ2) is 7.84. The molecule has 3 aromatic carbocycles. The second-order valence-corrected chi connectivity index (χ2v) is 8.91. The van der Waals surface area contributed by atoms with E-state index in [9.17, 15) is 13.2 Å². The number of rotatable bonds is 5. The number of ether oxygens (including phenoxy) is 1. The molecule has 1 heterocycles. The van der Waals surface area contributed by atoms with Crippen LogP contribution in [0.4, 0.5) is 11.4 Å². The third kappa shape index (κ3) is 3.52. The van der Waals surface area contributed by atoms with Gasteiger partial charge < -0.3 is 9.64 Å². The zero-order valence-electron chi connectivity index (χ0n) is 16.8. The molecular formula is C23H22N2O4S. The molecule has 0 saturated carbocycles. The van der Waals surface area contributed by atoms with E-state index in [1.165, 1.54) is 4.31 Å². The van der Waals surface area contributed by atoms with Crippen LogP contribution in [0, 0.1) is 0 Å². The summed E-state index contributed by atoms with van der Waals surface area (Å²) in [6.07, 6.45) is 0.561. The lowest BCUT2D eigenvalue weighted by molar-refractivity contribution is 0.0993. The molecule has 1 aliphatic heterocycles. The average molecular weight is 423 g/mol. The van der Waals surface area contributed by atoms with E-state index in [0.29, 0.717) is 35.7 Å². The van der Waals surface area contributed by atoms with Crippen LogP contribution in [-0.4, -0.2) is 35.0 Å². The Morgan fingerprint density at radius 2 is 1.77 bits per heavy atom. The number of methoxy groups -OCH3 is 1. The highest BCUT2D eigenvalue weighted by atomic mass is 32.2. The Morgan fingerprint density at radius 3 is 2.50 bits per heavy atom. The molecule has 6 nitrogen and oxygen atoms in total. The zero-order valence-corrected chi connectivity index (χ0v) is 17.6. The quantitative estimate of drug-likeness (QED) is 0.629. The number of nitrogens with zero attached hydrogens (tertiary/aromatic N) is 2. The topological polar surface area (TPSA) is 66.9 Å². The van der Waals surface area contributed by atoms with E-state index in [-0.39, 0.29) is 10.8 Å². The first-order chi connectivity index (χ1) is 14.4. The van der Waals surface area contributed by atoms with Crippen molar-refractivity contribution in [1.82, 2.24) is 0 Å². The largest absolute Gasteiger partial charge is 0.497 e. The summed E-state index contributed by atoms with van der Waals surface area (Å²) < 4.78 is 32.7. The number of amides is 1. The van der Waals surface area contributed by atoms with E-state index in [1.54, 1.807) is 73.7 Å². The van der Waals surface area contributed by atoms with Crippen LogP contribution in [0.3, 0.4) is 0 Å². The van der Waals surface area contributed by atoms with Crippen LogP contribution < -0.4 is 13.9 Å². The fraction of sp³-hybridized carbons (Fsp3) is 0.174. The summed E-state index contributed by atoms with van der Waals surface area (Å²) in [5, 5.41) is 0. The van der Waals surface area contributed by atoms with Gasteiger partial charge in [0.1, 0.15) is 5.75 Å². The first-order valence-corrected chi connectivity index (χ1v) is 11.0. The molecule has 154 valence electrons. The van der Waals surface area contributed by atoms with Crippen molar-refractivity contribution < 1.29 is 17.9 Å². The normalized spacial score (nSPS) is 13.1. The minimum Gasteiger partial charge on any atom is -0.497 e. The molecule has 30 heavy (non-hydrogen) atoms. The van der Waals surface area contributed by atoms with E-state index in [1.807, 2.05) is 18.2 Å². The van der Waals surface area contributed by atoms with E-state index < -0.39 is 10.0 Å². The molecule has 0 N–H and O–H groups in total. The monoisotopic (exact) mass is 422 g/mol. The first-order valence-electron chi connectivity index (χ1n) is 9.54. The van der Waals surface area contributed by atoms with Crippen LogP contribution in [-0.2, 0) is 16.4 Å². The molecule has 0 fully saturated rings. The number of fused-ring (bicyclic) bond motifs is 1. The van der Waals surface area contributed by atoms with E-state index in [0.717, 1.165) is 5.56 Å². The minimum absolute atomic E-state index is 0.171. The molecule has 0 bridgehead atoms. The van der Waals surface area contributed by atoms with Crippen LogP contribution in [0.1, 0.15) is 15.9 Å². The van der Waals surface area contributed by atoms with Crippen molar-refractivity contribution in [2.75, 3.05) is 29.9 Å². The van der Waals surface area contributed by atoms with Gasteiger partial charge in [0.2, 0.25) is 0 Å². The van der Waals surface area contributed by atoms with Gasteiger partial charge in [-0.05, 0) is 54.4 Å². The smallest absolute Gasteiger partial charge is 0.264 e. The van der Waals surface area contributed by atoms with Crippen molar-refractivity contribution in [2.45, 2.75) is 11.3 Å². The standard InChI is InChI=1S/C23H22N2O4S/c1-24(19-7-6-8-20(16-19)29-2)23(26)18-11-12-22-17(15-18)13-14-25(22)30(27,28)21-9-4-3-5-10-21/h3-12,15-16H,13-14H2,1-2H3. The predicted molar refractivity (Wildman–Crippen MR) is 117 cm³/mol. The van der Waals surface area contributed by atoms with Gasteiger partial charge in [-0.2, -0.15) is 0 Å². The Hall–Kier alpha value is -3.32. The van der Waals surface area contributed by atoms with Gasteiger partial charge in [-0.3, -0.25) is 9.10 Å². The summed E-state index contributed by atoms with van der Waals surface area (Å²) in [6, 6.07) is 20.8. The summed E-state index contributed by atoms with van der Waals surface area (Å²) in [5.74, 6) is 0.498. The Balaban J connectivity index is 1.61. The SMILES string of the molecule is COc1cccc(N(C)C(=O)c2ccc3c(c2)CCN3S(=O)(=O)c2ccccc2)c1. The lowest BCUT2D eigenvalue weighted by Crippen LogP contribution is -2.29. The fourth-order valence-electron chi connectivity index (χ4n) is 3.60. The first kappa shape index (κ1) is 20.0. The van der Waals surface area contributed by atoms with Crippen molar-refractivity contribution in [1.29, 1.82) is 0 Å². The summed E-state index contributed by atoms with van der Waals surface area (Å²) in [6.45, 7) is 0.357. The van der Waals surface area contributed by atoms with Crippen LogP contribution in [0.15, 0.2) is 77.7 Å². The number of benzene rings is 3. The molecule has 0 saturated heterocycles. The lowest BCUT2D eigenvalue weighted by atomic mass is 10.1. The van der Waals surface area contributed by atoms with E-state index in [2.05, 4.69) is 0 Å². The second-order valence-electron chi connectivity index (χ2n) is 7.05. The molecule has 1 amide bonds. The minimum atomic E-state index is -3.63. The molecule has 0 unspecified atom stereocenters. The fourth-order valence-corrected chi connectivity index (χ4v) is 5.13. The Morgan fingerprint density at radius 1 is 1.00 bits per heavy atom. The number of carbonyl (C=O) groups is 1. The molecule has 4 rings (SSSR count). The maximum atomic E-state index is 13.0. The van der Waals surface area contributed by atoms with Crippen molar-refractivity contribution in [3.63, 3.8) is 0 Å². The van der Waals surface area contributed by atoms with Crippen LogP contribution in [0.5, 0.6) is 5.75 Å². The third-order valence-corrected chi connectivity index (χ3v) is 7.08. The van der Waals surface area contributed by atoms with Gasteiger partial charge in [0.05, 0.1) is 17.7 Å². The third-order valence-electron chi connectivity index (χ3n) is 5.26. The number of anilines is 2. The molecule has 0 aromatic heterocycles. The summed E-state index contributed by atoms with van der Waals surface area (Å²) >= 11 is 0. The molecule has 0 radical (unpaired) electrons. The van der Waals surface area contributed by atoms with Gasteiger partial charge in [-0.25, -0.2) is 8.42 Å². The molecule has 7 heteroatoms. The van der Waals surface area contributed by atoms with Crippen molar-refractivity contribution in [2.24, 2.45) is 0 Å². The highest BCUT2D eigenvalue weighted by Gasteiger charge is 2.31. The molecule has 0 atom stereocenters. The highest BCUT2D eigenvalue weighted by molar-refractivity contribution is 7.92. The zero-order chi connectivity index (χ0) is 21.3. The Bertz CT molecular complexity index is 1190. The number of sulfonamides is 1. The van der Waals surface area contributed by atoms with Crippen molar-refractivity contribution >= 4 is 27.3 Å². The summed E-state index contributed by atoms with van der Waals surface area (Å²) in [5.41, 5.74) is 2.70. The predicted octanol–water partition coefficient (Wildman–Crippen LogP) is 3.72. The summed E-state index contributed by atoms with van der Waals surface area (Å²) in [7, 11) is -0.343. The van der Waals surface area contributed by atoms with Gasteiger partial charge in [0.15, 0.2) is 0 Å². The van der Waals surface area contributed by atoms with Crippen LogP contribution >= 0.6 is 0 Å². The van der Waals surface area contributed by atoms with Gasteiger partial charge in [-0.15, -0.1) is 0 Å². The molecule has 0 aliphatic carbocycles. The van der Waals surface area contributed by atoms with Gasteiger partial charge in [0.25, 0.3) is 15.9 Å². The average Bonchev–Trinajstić information content (AvgIpc) is 3.23. The summed E-state index contributed by atoms with van der Waals surface area (Å²) in [4.78, 5) is 14.8. The van der Waals surface area contributed by atoms with Gasteiger partial charge in [-0.1, -0.05) is 24.3 Å². The molecule has 1 aliphatic rings. The Labute approximate surface area is 176 Å². The number of carbonyl (C=O) groups excluding carboxylic acids is 1. The van der Waals surface area contributed by atoms with Gasteiger partial charge in [0, 0.05) is 30.9 Å². The lowest BCUT2D eigenvalue weighted by Gasteiger charge is -2.21. The number of hydrogen-bond donors (Lipinski definition) is 0. The maximum absolute atomic E-state index is 13.0. The van der Waals surface area contributed by atoms with Crippen molar-refractivity contribution in [3.8, 4) is 5.75 Å². The molecule has 0 spiro atoms. The van der Waals surface area contributed by atoms with E-state index >= 15 is 0 Å². The van der Waals surface area contributed by atoms with Crippen LogP contribution in [0.25, 0.3) is 0 Å².